The minimum atomic E-state index is -0.771. The highest BCUT2D eigenvalue weighted by atomic mass is 16.5. The first-order valence-electron chi connectivity index (χ1n) is 7.74. The van der Waals surface area contributed by atoms with Crippen LogP contribution in [0, 0.1) is 11.8 Å². The van der Waals surface area contributed by atoms with E-state index in [-0.39, 0.29) is 23.8 Å². The van der Waals surface area contributed by atoms with E-state index < -0.39 is 12.1 Å². The number of carboxylic acid groups (broad SMARTS) is 1. The molecule has 22 heavy (non-hydrogen) atoms. The van der Waals surface area contributed by atoms with Gasteiger partial charge in [-0.1, -0.05) is 0 Å². The lowest BCUT2D eigenvalue weighted by Crippen LogP contribution is -2.43. The third kappa shape index (κ3) is 3.30. The van der Waals surface area contributed by atoms with E-state index in [1.54, 1.807) is 12.5 Å². The molecule has 1 aromatic rings. The maximum absolute atomic E-state index is 12.4. The Morgan fingerprint density at radius 2 is 2.23 bits per heavy atom. The summed E-state index contributed by atoms with van der Waals surface area (Å²) in [5.74, 6) is -1.09. The monoisotopic (exact) mass is 307 g/mol. The second-order valence-corrected chi connectivity index (χ2v) is 6.15. The van der Waals surface area contributed by atoms with E-state index in [0.717, 1.165) is 12.8 Å². The van der Waals surface area contributed by atoms with Crippen molar-refractivity contribution in [3.05, 3.63) is 18.7 Å². The molecule has 1 saturated carbocycles. The second kappa shape index (κ2) is 6.48. The summed E-state index contributed by atoms with van der Waals surface area (Å²) in [6.07, 6.45) is 7.59. The van der Waals surface area contributed by atoms with Gasteiger partial charge in [-0.3, -0.25) is 9.59 Å². The lowest BCUT2D eigenvalue weighted by Gasteiger charge is -2.21. The van der Waals surface area contributed by atoms with Crippen LogP contribution in [0.4, 0.5) is 0 Å². The molecule has 1 aliphatic carbocycles. The predicted molar refractivity (Wildman–Crippen MR) is 77.0 cm³/mol. The summed E-state index contributed by atoms with van der Waals surface area (Å²) < 4.78 is 7.55. The first-order valence-corrected chi connectivity index (χ1v) is 7.74. The van der Waals surface area contributed by atoms with E-state index >= 15 is 0 Å². The summed E-state index contributed by atoms with van der Waals surface area (Å²) >= 11 is 0. The number of carbonyl (C=O) groups is 2. The van der Waals surface area contributed by atoms with Gasteiger partial charge in [-0.15, -0.1) is 0 Å². The molecule has 7 heteroatoms. The molecule has 1 saturated heterocycles. The minimum Gasteiger partial charge on any atom is -0.481 e. The molecule has 1 aliphatic heterocycles. The zero-order chi connectivity index (χ0) is 15.5. The molecule has 0 unspecified atom stereocenters. The van der Waals surface area contributed by atoms with Crippen LogP contribution in [0.1, 0.15) is 25.7 Å². The molecule has 4 atom stereocenters. The number of carbonyl (C=O) groups excluding carboxylic acids is 1. The van der Waals surface area contributed by atoms with Gasteiger partial charge in [0.25, 0.3) is 0 Å². The number of ether oxygens (including phenoxy) is 1. The lowest BCUT2D eigenvalue weighted by molar-refractivity contribution is -0.141. The van der Waals surface area contributed by atoms with E-state index in [9.17, 15) is 9.59 Å². The van der Waals surface area contributed by atoms with Crippen LogP contribution < -0.4 is 5.32 Å². The van der Waals surface area contributed by atoms with Gasteiger partial charge in [-0.2, -0.15) is 0 Å². The highest BCUT2D eigenvalue weighted by molar-refractivity contribution is 5.82. The Hall–Kier alpha value is -1.89. The minimum absolute atomic E-state index is 0.0494. The van der Waals surface area contributed by atoms with Crippen LogP contribution in [0.25, 0.3) is 0 Å². The normalized spacial score (nSPS) is 31.3. The van der Waals surface area contributed by atoms with Crippen LogP contribution in [0.5, 0.6) is 0 Å². The number of hydrogen-bond donors (Lipinski definition) is 2. The van der Waals surface area contributed by atoms with Crippen molar-refractivity contribution >= 4 is 11.9 Å². The van der Waals surface area contributed by atoms with Crippen molar-refractivity contribution in [2.75, 3.05) is 6.61 Å². The summed E-state index contributed by atoms with van der Waals surface area (Å²) in [6, 6.07) is -0.0494. The van der Waals surface area contributed by atoms with E-state index in [1.165, 1.54) is 0 Å². The fourth-order valence-corrected chi connectivity index (χ4v) is 3.40. The van der Waals surface area contributed by atoms with Crippen LogP contribution in [-0.2, 0) is 20.9 Å². The van der Waals surface area contributed by atoms with Crippen LogP contribution in [0.15, 0.2) is 18.7 Å². The highest BCUT2D eigenvalue weighted by Gasteiger charge is 2.37. The van der Waals surface area contributed by atoms with E-state index in [0.29, 0.717) is 26.0 Å². The van der Waals surface area contributed by atoms with Gasteiger partial charge < -0.3 is 19.7 Å². The molecule has 0 aromatic carbocycles. The Kier molecular flexibility index (Phi) is 4.42. The molecule has 7 nitrogen and oxygen atoms in total. The Bertz CT molecular complexity index is 531. The number of imidazole rings is 1. The van der Waals surface area contributed by atoms with E-state index in [1.807, 2.05) is 10.8 Å². The van der Waals surface area contributed by atoms with E-state index in [4.69, 9.17) is 9.84 Å². The number of nitrogens with one attached hydrogen (secondary N) is 1. The maximum Gasteiger partial charge on any atom is 0.306 e. The molecule has 2 fully saturated rings. The first-order chi connectivity index (χ1) is 10.6. The molecule has 1 aromatic heterocycles. The summed E-state index contributed by atoms with van der Waals surface area (Å²) in [5.41, 5.74) is 0. The van der Waals surface area contributed by atoms with Gasteiger partial charge in [0, 0.05) is 37.5 Å². The van der Waals surface area contributed by atoms with Crippen molar-refractivity contribution in [1.82, 2.24) is 14.9 Å². The average molecular weight is 307 g/mol. The van der Waals surface area contributed by atoms with Gasteiger partial charge >= 0.3 is 5.97 Å². The zero-order valence-electron chi connectivity index (χ0n) is 12.4. The fourth-order valence-electron chi connectivity index (χ4n) is 3.40. The van der Waals surface area contributed by atoms with Crippen molar-refractivity contribution in [3.8, 4) is 0 Å². The predicted octanol–water partition coefficient (Wildman–Crippen LogP) is 0.658. The second-order valence-electron chi connectivity index (χ2n) is 6.15. The maximum atomic E-state index is 12.4. The van der Waals surface area contributed by atoms with Crippen LogP contribution in [0.2, 0.25) is 0 Å². The molecule has 2 aliphatic rings. The lowest BCUT2D eigenvalue weighted by atomic mass is 10.0. The third-order valence-electron chi connectivity index (χ3n) is 4.61. The third-order valence-corrected chi connectivity index (χ3v) is 4.61. The molecule has 0 spiro atoms. The Morgan fingerprint density at radius 3 is 2.91 bits per heavy atom. The van der Waals surface area contributed by atoms with Gasteiger partial charge in [-0.25, -0.2) is 4.98 Å². The number of hydrogen-bond acceptors (Lipinski definition) is 4. The van der Waals surface area contributed by atoms with Gasteiger partial charge in [0.15, 0.2) is 0 Å². The van der Waals surface area contributed by atoms with Crippen molar-refractivity contribution in [2.24, 2.45) is 11.8 Å². The van der Waals surface area contributed by atoms with Crippen molar-refractivity contribution in [2.45, 2.75) is 44.4 Å². The van der Waals surface area contributed by atoms with Crippen molar-refractivity contribution in [3.63, 3.8) is 0 Å². The molecule has 3 rings (SSSR count). The molecular formula is C15H21N3O4. The molecular weight excluding hydrogens is 286 g/mol. The Labute approximate surface area is 128 Å². The Balaban J connectivity index is 1.54. The number of nitrogens with zero attached hydrogens (tertiary/aromatic N) is 2. The number of amides is 1. The van der Waals surface area contributed by atoms with Crippen LogP contribution in [0.3, 0.4) is 0 Å². The molecule has 0 bridgehead atoms. The van der Waals surface area contributed by atoms with Crippen molar-refractivity contribution < 1.29 is 19.4 Å². The number of rotatable bonds is 5. The highest BCUT2D eigenvalue weighted by Crippen LogP contribution is 2.27. The standard InChI is InChI=1S/C15H21N3O4/c19-14(17-12-2-1-10(7-12)15(20)21)13-11(3-6-22-13)8-18-5-4-16-9-18/h4-5,9-13H,1-3,6-8H2,(H,17,19)(H,20,21)/t10-,11-,12+,13-/m1/s1. The topological polar surface area (TPSA) is 93.5 Å². The largest absolute Gasteiger partial charge is 0.481 e. The summed E-state index contributed by atoms with van der Waals surface area (Å²) in [4.78, 5) is 27.4. The summed E-state index contributed by atoms with van der Waals surface area (Å²) in [6.45, 7) is 1.29. The quantitative estimate of drug-likeness (QED) is 0.833. The molecule has 0 radical (unpaired) electrons. The smallest absolute Gasteiger partial charge is 0.306 e. The zero-order valence-corrected chi connectivity index (χ0v) is 12.4. The first kappa shape index (κ1) is 15.0. The van der Waals surface area contributed by atoms with Crippen molar-refractivity contribution in [1.29, 1.82) is 0 Å². The van der Waals surface area contributed by atoms with Crippen LogP contribution >= 0.6 is 0 Å². The van der Waals surface area contributed by atoms with Gasteiger partial charge in [0.1, 0.15) is 6.10 Å². The summed E-state index contributed by atoms with van der Waals surface area (Å²) in [5, 5.41) is 12.0. The Morgan fingerprint density at radius 1 is 1.36 bits per heavy atom. The summed E-state index contributed by atoms with van der Waals surface area (Å²) in [7, 11) is 0. The fraction of sp³-hybridized carbons (Fsp3) is 0.667. The number of aliphatic carboxylic acids is 1. The molecule has 1 amide bonds. The van der Waals surface area contributed by atoms with Crippen LogP contribution in [-0.4, -0.2) is 45.3 Å². The number of carboxylic acids is 1. The van der Waals surface area contributed by atoms with Gasteiger partial charge in [-0.05, 0) is 25.7 Å². The van der Waals surface area contributed by atoms with E-state index in [2.05, 4.69) is 10.3 Å². The average Bonchev–Trinajstić information content (AvgIpc) is 3.19. The molecule has 120 valence electrons. The molecule has 2 N–H and O–H groups in total. The number of aromatic nitrogens is 2. The van der Waals surface area contributed by atoms with Gasteiger partial charge in [0.05, 0.1) is 12.2 Å². The van der Waals surface area contributed by atoms with Gasteiger partial charge in [0.2, 0.25) is 5.91 Å². The molecule has 2 heterocycles. The SMILES string of the molecule is O=C(O)[C@@H]1CC[C@H](NC(=O)[C@@H]2OCC[C@@H]2Cn2ccnc2)C1.